The van der Waals surface area contributed by atoms with Crippen molar-refractivity contribution in [1.82, 2.24) is 0 Å². The van der Waals surface area contributed by atoms with Gasteiger partial charge in [0.25, 0.3) is 0 Å². The summed E-state index contributed by atoms with van der Waals surface area (Å²) in [6.07, 6.45) is 3.63. The fraction of sp³-hybridized carbons (Fsp3) is 0.708. The zero-order valence-corrected chi connectivity index (χ0v) is 19.1. The van der Waals surface area contributed by atoms with Gasteiger partial charge in [-0.3, -0.25) is 9.59 Å². The van der Waals surface area contributed by atoms with Crippen molar-refractivity contribution in [3.63, 3.8) is 0 Å². The Kier molecular flexibility index (Phi) is 4.93. The van der Waals surface area contributed by atoms with Crippen LogP contribution in [0.2, 0.25) is 0 Å². The van der Waals surface area contributed by atoms with Gasteiger partial charge in [-0.2, -0.15) is 0 Å². The van der Waals surface area contributed by atoms with Crippen molar-refractivity contribution in [1.29, 1.82) is 0 Å². The van der Waals surface area contributed by atoms with Crippen LogP contribution in [0.1, 0.15) is 60.8 Å². The highest BCUT2D eigenvalue weighted by atomic mass is 16.6. The second kappa shape index (κ2) is 6.92. The highest BCUT2D eigenvalue weighted by Gasteiger charge is 2.72. The van der Waals surface area contributed by atoms with Crippen LogP contribution in [0.15, 0.2) is 23.5 Å². The third kappa shape index (κ3) is 2.99. The quantitative estimate of drug-likeness (QED) is 0.529. The Morgan fingerprint density at radius 2 is 1.81 bits per heavy atom. The number of esters is 3. The maximum Gasteiger partial charge on any atom is 0.336 e. The van der Waals surface area contributed by atoms with E-state index in [0.717, 1.165) is 12.0 Å². The first-order valence-electron chi connectivity index (χ1n) is 11.0. The van der Waals surface area contributed by atoms with Gasteiger partial charge in [-0.1, -0.05) is 27.7 Å². The average Bonchev–Trinajstić information content (AvgIpc) is 3.02. The molecule has 1 aliphatic heterocycles. The number of allylic oxidation sites excluding steroid dienone is 2. The zero-order valence-electron chi connectivity index (χ0n) is 19.1. The number of carbonyl (C=O) groups is 3. The summed E-state index contributed by atoms with van der Waals surface area (Å²) in [6.45, 7) is 10.6. The van der Waals surface area contributed by atoms with Gasteiger partial charge in [0, 0.05) is 30.9 Å². The van der Waals surface area contributed by atoms with Crippen molar-refractivity contribution in [3.8, 4) is 0 Å². The molecule has 0 aromatic heterocycles. The van der Waals surface area contributed by atoms with Gasteiger partial charge in [0.2, 0.25) is 0 Å². The van der Waals surface area contributed by atoms with Crippen molar-refractivity contribution in [2.75, 3.05) is 0 Å². The van der Waals surface area contributed by atoms with Gasteiger partial charge >= 0.3 is 17.9 Å². The maximum atomic E-state index is 12.2. The first-order chi connectivity index (χ1) is 14.3. The van der Waals surface area contributed by atoms with Crippen molar-refractivity contribution in [3.05, 3.63) is 23.5 Å². The molecular formula is C24H32O7. The third-order valence-corrected chi connectivity index (χ3v) is 8.49. The topological polar surface area (TPSA) is 99.1 Å². The molecule has 1 N–H and O–H groups in total. The fourth-order valence-electron chi connectivity index (χ4n) is 7.03. The van der Waals surface area contributed by atoms with Crippen molar-refractivity contribution < 1.29 is 33.7 Å². The van der Waals surface area contributed by atoms with Crippen molar-refractivity contribution in [2.24, 2.45) is 28.6 Å². The van der Waals surface area contributed by atoms with Crippen LogP contribution in [-0.2, 0) is 28.6 Å². The van der Waals surface area contributed by atoms with E-state index in [1.54, 1.807) is 6.08 Å². The molecule has 0 saturated heterocycles. The van der Waals surface area contributed by atoms with E-state index in [-0.39, 0.29) is 23.7 Å². The molecule has 0 unspecified atom stereocenters. The summed E-state index contributed by atoms with van der Waals surface area (Å²) in [4.78, 5) is 36.0. The Bertz CT molecular complexity index is 900. The molecule has 3 aliphatic carbocycles. The molecule has 1 heterocycles. The van der Waals surface area contributed by atoms with Gasteiger partial charge in [-0.15, -0.1) is 0 Å². The van der Waals surface area contributed by atoms with Gasteiger partial charge < -0.3 is 19.3 Å². The van der Waals surface area contributed by atoms with E-state index in [4.69, 9.17) is 14.2 Å². The summed E-state index contributed by atoms with van der Waals surface area (Å²) in [6, 6.07) is 0. The molecule has 4 rings (SSSR count). The van der Waals surface area contributed by atoms with E-state index >= 15 is 0 Å². The van der Waals surface area contributed by atoms with Gasteiger partial charge in [-0.05, 0) is 48.5 Å². The van der Waals surface area contributed by atoms with Gasteiger partial charge in [-0.25, -0.2) is 4.79 Å². The summed E-state index contributed by atoms with van der Waals surface area (Å²) < 4.78 is 16.9. The Morgan fingerprint density at radius 3 is 2.42 bits per heavy atom. The molecule has 0 amide bonds. The van der Waals surface area contributed by atoms with Crippen molar-refractivity contribution in [2.45, 2.75) is 78.6 Å². The summed E-state index contributed by atoms with van der Waals surface area (Å²) >= 11 is 0. The van der Waals surface area contributed by atoms with Crippen LogP contribution in [0.3, 0.4) is 0 Å². The lowest BCUT2D eigenvalue weighted by atomic mass is 9.40. The van der Waals surface area contributed by atoms with E-state index < -0.39 is 40.6 Å². The minimum Gasteiger partial charge on any atom is -0.459 e. The first-order valence-corrected chi connectivity index (χ1v) is 11.0. The Balaban J connectivity index is 1.90. The summed E-state index contributed by atoms with van der Waals surface area (Å²) in [5.74, 6) is -0.862. The molecule has 7 heteroatoms. The summed E-state index contributed by atoms with van der Waals surface area (Å²) in [5, 5.41) is 12.2. The lowest BCUT2D eigenvalue weighted by Crippen LogP contribution is -2.74. The second-order valence-corrected chi connectivity index (χ2v) is 10.5. The Morgan fingerprint density at radius 1 is 1.16 bits per heavy atom. The van der Waals surface area contributed by atoms with Gasteiger partial charge in [0.15, 0.2) is 0 Å². The first kappa shape index (κ1) is 22.1. The van der Waals surface area contributed by atoms with Crippen LogP contribution in [0.5, 0.6) is 0 Å². The van der Waals surface area contributed by atoms with Gasteiger partial charge in [0.1, 0.15) is 18.0 Å². The van der Waals surface area contributed by atoms with Crippen LogP contribution in [-0.4, -0.2) is 40.8 Å². The highest BCUT2D eigenvalue weighted by molar-refractivity contribution is 5.88. The summed E-state index contributed by atoms with van der Waals surface area (Å²) in [5.41, 5.74) is -1.85. The monoisotopic (exact) mass is 432 g/mol. The number of rotatable bonds is 2. The van der Waals surface area contributed by atoms with Crippen LogP contribution in [0.4, 0.5) is 0 Å². The average molecular weight is 433 g/mol. The molecular weight excluding hydrogens is 400 g/mol. The number of carbonyl (C=O) groups excluding carboxylic acids is 3. The molecule has 7 nitrogen and oxygen atoms in total. The van der Waals surface area contributed by atoms with Crippen LogP contribution >= 0.6 is 0 Å². The van der Waals surface area contributed by atoms with E-state index in [9.17, 15) is 19.5 Å². The molecule has 31 heavy (non-hydrogen) atoms. The number of ether oxygens (including phenoxy) is 3. The van der Waals surface area contributed by atoms with E-state index in [1.807, 2.05) is 26.8 Å². The molecule has 2 fully saturated rings. The molecule has 0 aromatic rings. The predicted octanol–water partition coefficient (Wildman–Crippen LogP) is 3.06. The minimum atomic E-state index is -1.18. The van der Waals surface area contributed by atoms with Crippen LogP contribution < -0.4 is 0 Å². The lowest BCUT2D eigenvalue weighted by Gasteiger charge is -2.67. The summed E-state index contributed by atoms with van der Waals surface area (Å²) in [7, 11) is 0. The normalized spacial score (nSPS) is 42.8. The predicted molar refractivity (Wildman–Crippen MR) is 110 cm³/mol. The van der Waals surface area contributed by atoms with Crippen LogP contribution in [0.25, 0.3) is 0 Å². The van der Waals surface area contributed by atoms with Crippen LogP contribution in [0, 0.1) is 28.6 Å². The standard InChI is InChI=1S/C24H32O7/c1-12-15-7-8-24(28)22(4,5)11-19(29-13(2)25)21(30-14(3)26)23(24,6)17(15)10-18-16(12)9-20(27)31-18/h9-10,12,15,17,19,21,28H,7-8,11H2,1-6H3/t12-,15+,17+,19+,21+,23+,24-/m1/s1. The van der Waals surface area contributed by atoms with Crippen molar-refractivity contribution >= 4 is 17.9 Å². The van der Waals surface area contributed by atoms with Gasteiger partial charge in [0.05, 0.1) is 5.60 Å². The molecule has 7 atom stereocenters. The number of hydrogen-bond donors (Lipinski definition) is 1. The SMILES string of the molecule is CC(=O)O[C@H]1CC(C)(C)[C@]2(O)CC[C@H]3[C@@H](C)C4=CC(=O)OC4=C[C@@H]3[C@@]2(C)[C@H]1OC(C)=O. The number of aliphatic hydroxyl groups is 1. The molecule has 170 valence electrons. The molecule has 0 spiro atoms. The fourth-order valence-corrected chi connectivity index (χ4v) is 7.03. The minimum absolute atomic E-state index is 0.0491. The van der Waals surface area contributed by atoms with E-state index in [2.05, 4.69) is 6.92 Å². The Hall–Kier alpha value is -2.15. The number of fused-ring (bicyclic) bond motifs is 4. The maximum absolute atomic E-state index is 12.2. The molecule has 0 radical (unpaired) electrons. The number of hydrogen-bond acceptors (Lipinski definition) is 7. The molecule has 2 saturated carbocycles. The third-order valence-electron chi connectivity index (χ3n) is 8.49. The molecule has 0 aromatic carbocycles. The van der Waals surface area contributed by atoms with E-state index in [1.165, 1.54) is 13.8 Å². The molecule has 0 bridgehead atoms. The molecule has 4 aliphatic rings. The second-order valence-electron chi connectivity index (χ2n) is 10.5. The largest absolute Gasteiger partial charge is 0.459 e. The lowest BCUT2D eigenvalue weighted by molar-refractivity contribution is -0.297. The Labute approximate surface area is 182 Å². The zero-order chi connectivity index (χ0) is 22.9. The van der Waals surface area contributed by atoms with E-state index in [0.29, 0.717) is 18.6 Å². The smallest absolute Gasteiger partial charge is 0.336 e. The highest BCUT2D eigenvalue weighted by Crippen LogP contribution is 2.67.